The molecule has 0 saturated carbocycles. The van der Waals surface area contributed by atoms with Crippen molar-refractivity contribution in [2.45, 2.75) is 24.1 Å². The predicted molar refractivity (Wildman–Crippen MR) is 112 cm³/mol. The standard InChI is InChI=1S/C20H21BrN2O3S/c1-3-26-20(25)18-16(11-27-12-7-5-4-6-8-12)23(2)15-9-14(21)19(24)13(10-22)17(15)18/h4-9,24H,3,10-11,22H2,1-2H3. The number of hydrogen-bond donors (Lipinski definition) is 2. The highest BCUT2D eigenvalue weighted by Gasteiger charge is 2.26. The second-order valence-electron chi connectivity index (χ2n) is 5.99. The molecule has 0 atom stereocenters. The lowest BCUT2D eigenvalue weighted by atomic mass is 10.0. The van der Waals surface area contributed by atoms with Gasteiger partial charge >= 0.3 is 5.97 Å². The Labute approximate surface area is 170 Å². The molecule has 3 N–H and O–H groups in total. The van der Waals surface area contributed by atoms with Gasteiger partial charge in [-0.05, 0) is 41.1 Å². The Balaban J connectivity index is 2.20. The molecule has 3 aromatic rings. The second-order valence-corrected chi connectivity index (χ2v) is 7.89. The van der Waals surface area contributed by atoms with Crippen molar-refractivity contribution in [2.24, 2.45) is 12.8 Å². The number of phenols is 1. The number of halogens is 1. The summed E-state index contributed by atoms with van der Waals surface area (Å²) in [5.74, 6) is 0.248. The number of hydrogen-bond acceptors (Lipinski definition) is 5. The Hall–Kier alpha value is -1.96. The summed E-state index contributed by atoms with van der Waals surface area (Å²) in [7, 11) is 1.91. The number of rotatable bonds is 6. The number of nitrogens with zero attached hydrogens (tertiary/aromatic N) is 1. The molecule has 27 heavy (non-hydrogen) atoms. The summed E-state index contributed by atoms with van der Waals surface area (Å²) >= 11 is 5.02. The van der Waals surface area contributed by atoms with Crippen LogP contribution in [0.3, 0.4) is 0 Å². The Morgan fingerprint density at radius 3 is 2.67 bits per heavy atom. The SMILES string of the molecule is CCOC(=O)c1c(CSc2ccccc2)n(C)c2cc(Br)c(O)c(CN)c12. The van der Waals surface area contributed by atoms with Gasteiger partial charge in [-0.25, -0.2) is 4.79 Å². The van der Waals surface area contributed by atoms with Crippen molar-refractivity contribution < 1.29 is 14.6 Å². The van der Waals surface area contributed by atoms with E-state index in [0.29, 0.717) is 26.7 Å². The molecule has 0 aliphatic heterocycles. The van der Waals surface area contributed by atoms with Gasteiger partial charge in [-0.1, -0.05) is 18.2 Å². The number of esters is 1. The van der Waals surface area contributed by atoms with Crippen LogP contribution < -0.4 is 5.73 Å². The summed E-state index contributed by atoms with van der Waals surface area (Å²) in [4.78, 5) is 13.9. The Morgan fingerprint density at radius 1 is 1.33 bits per heavy atom. The number of carbonyl (C=O) groups excluding carboxylic acids is 1. The number of ether oxygens (including phenoxy) is 1. The Bertz CT molecular complexity index is 986. The van der Waals surface area contributed by atoms with Gasteiger partial charge in [0.15, 0.2) is 0 Å². The van der Waals surface area contributed by atoms with Crippen LogP contribution in [-0.4, -0.2) is 22.2 Å². The summed E-state index contributed by atoms with van der Waals surface area (Å²) < 4.78 is 7.84. The first kappa shape index (κ1) is 19.8. The molecule has 142 valence electrons. The van der Waals surface area contributed by atoms with Crippen LogP contribution >= 0.6 is 27.7 Å². The zero-order valence-electron chi connectivity index (χ0n) is 15.2. The number of nitrogens with two attached hydrogens (primary N) is 1. The van der Waals surface area contributed by atoms with Gasteiger partial charge in [0.05, 0.1) is 22.2 Å². The molecule has 1 heterocycles. The minimum absolute atomic E-state index is 0.0587. The molecule has 7 heteroatoms. The van der Waals surface area contributed by atoms with Crippen molar-refractivity contribution in [1.82, 2.24) is 4.57 Å². The minimum atomic E-state index is -0.400. The Kier molecular flexibility index (Phi) is 6.14. The maximum absolute atomic E-state index is 12.8. The summed E-state index contributed by atoms with van der Waals surface area (Å²) in [6, 6.07) is 11.8. The topological polar surface area (TPSA) is 77.5 Å². The third-order valence-electron chi connectivity index (χ3n) is 4.44. The van der Waals surface area contributed by atoms with Crippen molar-refractivity contribution in [1.29, 1.82) is 0 Å². The van der Waals surface area contributed by atoms with Gasteiger partial charge in [0.1, 0.15) is 5.75 Å². The van der Waals surface area contributed by atoms with Crippen LogP contribution in [0, 0.1) is 0 Å². The molecule has 3 rings (SSSR count). The summed E-state index contributed by atoms with van der Waals surface area (Å²) in [5.41, 5.74) is 8.58. The lowest BCUT2D eigenvalue weighted by Gasteiger charge is -2.09. The number of aryl methyl sites for hydroxylation is 1. The molecule has 0 aliphatic rings. The van der Waals surface area contributed by atoms with Gasteiger partial charge in [0.25, 0.3) is 0 Å². The summed E-state index contributed by atoms with van der Waals surface area (Å²) in [6.07, 6.45) is 0. The van der Waals surface area contributed by atoms with Crippen LogP contribution in [0.2, 0.25) is 0 Å². The van der Waals surface area contributed by atoms with E-state index >= 15 is 0 Å². The molecule has 0 fully saturated rings. The quantitative estimate of drug-likeness (QED) is 0.426. The molecule has 0 radical (unpaired) electrons. The lowest BCUT2D eigenvalue weighted by Crippen LogP contribution is -2.09. The highest BCUT2D eigenvalue weighted by Crippen LogP contribution is 2.40. The highest BCUT2D eigenvalue weighted by molar-refractivity contribution is 9.10. The number of carbonyl (C=O) groups is 1. The van der Waals surface area contributed by atoms with E-state index in [9.17, 15) is 9.90 Å². The molecule has 0 amide bonds. The fourth-order valence-corrected chi connectivity index (χ4v) is 4.58. The van der Waals surface area contributed by atoms with Crippen LogP contribution in [0.25, 0.3) is 10.9 Å². The van der Waals surface area contributed by atoms with E-state index in [1.54, 1.807) is 18.7 Å². The highest BCUT2D eigenvalue weighted by atomic mass is 79.9. The van der Waals surface area contributed by atoms with Gasteiger partial charge in [-0.2, -0.15) is 0 Å². The van der Waals surface area contributed by atoms with Crippen molar-refractivity contribution in [3.8, 4) is 5.75 Å². The average molecular weight is 449 g/mol. The summed E-state index contributed by atoms with van der Waals surface area (Å²) in [5, 5.41) is 11.1. The molecule has 0 unspecified atom stereocenters. The first-order valence-corrected chi connectivity index (χ1v) is 10.3. The van der Waals surface area contributed by atoms with E-state index in [4.69, 9.17) is 10.5 Å². The molecule has 5 nitrogen and oxygen atoms in total. The monoisotopic (exact) mass is 448 g/mol. The molecule has 0 aliphatic carbocycles. The lowest BCUT2D eigenvalue weighted by molar-refractivity contribution is 0.0527. The van der Waals surface area contributed by atoms with E-state index in [1.165, 1.54) is 0 Å². The van der Waals surface area contributed by atoms with Crippen LogP contribution in [-0.2, 0) is 24.1 Å². The van der Waals surface area contributed by atoms with E-state index in [-0.39, 0.29) is 18.9 Å². The smallest absolute Gasteiger partial charge is 0.340 e. The average Bonchev–Trinajstić information content (AvgIpc) is 2.94. The first-order chi connectivity index (χ1) is 13.0. The largest absolute Gasteiger partial charge is 0.506 e. The van der Waals surface area contributed by atoms with Gasteiger partial charge in [-0.15, -0.1) is 11.8 Å². The first-order valence-electron chi connectivity index (χ1n) is 8.56. The zero-order chi connectivity index (χ0) is 19.6. The summed E-state index contributed by atoms with van der Waals surface area (Å²) in [6.45, 7) is 2.17. The molecular formula is C20H21BrN2O3S. The van der Waals surface area contributed by atoms with Gasteiger partial charge in [0, 0.05) is 40.9 Å². The Morgan fingerprint density at radius 2 is 2.04 bits per heavy atom. The van der Waals surface area contributed by atoms with Gasteiger partial charge in [-0.3, -0.25) is 0 Å². The van der Waals surface area contributed by atoms with Crippen LogP contribution in [0.1, 0.15) is 28.5 Å². The third-order valence-corrected chi connectivity index (χ3v) is 6.07. The van der Waals surface area contributed by atoms with Crippen molar-refractivity contribution >= 4 is 44.6 Å². The van der Waals surface area contributed by atoms with E-state index in [2.05, 4.69) is 15.9 Å². The number of thioether (sulfide) groups is 1. The molecule has 0 saturated heterocycles. The number of aromatic nitrogens is 1. The van der Waals surface area contributed by atoms with E-state index < -0.39 is 5.97 Å². The normalized spacial score (nSPS) is 11.1. The molecular weight excluding hydrogens is 428 g/mol. The van der Waals surface area contributed by atoms with E-state index in [0.717, 1.165) is 16.1 Å². The maximum Gasteiger partial charge on any atom is 0.340 e. The fraction of sp³-hybridized carbons (Fsp3) is 0.250. The fourth-order valence-electron chi connectivity index (χ4n) is 3.14. The van der Waals surface area contributed by atoms with Gasteiger partial charge < -0.3 is 20.1 Å². The zero-order valence-corrected chi connectivity index (χ0v) is 17.6. The van der Waals surface area contributed by atoms with Crippen LogP contribution in [0.5, 0.6) is 5.75 Å². The molecule has 0 bridgehead atoms. The molecule has 2 aromatic carbocycles. The predicted octanol–water partition coefficient (Wildman–Crippen LogP) is 4.57. The molecule has 0 spiro atoms. The number of fused-ring (bicyclic) bond motifs is 1. The number of aromatic hydroxyl groups is 1. The van der Waals surface area contributed by atoms with Gasteiger partial charge in [0.2, 0.25) is 0 Å². The minimum Gasteiger partial charge on any atom is -0.506 e. The van der Waals surface area contributed by atoms with Crippen molar-refractivity contribution in [2.75, 3.05) is 6.61 Å². The van der Waals surface area contributed by atoms with Crippen LogP contribution in [0.15, 0.2) is 45.8 Å². The molecule has 1 aromatic heterocycles. The van der Waals surface area contributed by atoms with Crippen molar-refractivity contribution in [3.63, 3.8) is 0 Å². The maximum atomic E-state index is 12.8. The number of phenolic OH excluding ortho intramolecular Hbond substituents is 1. The number of benzene rings is 2. The third kappa shape index (κ3) is 3.72. The van der Waals surface area contributed by atoms with Crippen LogP contribution in [0.4, 0.5) is 0 Å². The second kappa shape index (κ2) is 8.37. The van der Waals surface area contributed by atoms with E-state index in [1.807, 2.05) is 48.0 Å². The van der Waals surface area contributed by atoms with Crippen molar-refractivity contribution in [3.05, 3.63) is 57.7 Å².